The molecule has 0 aliphatic carbocycles. The molecule has 0 saturated heterocycles. The molecule has 108 valence electrons. The molecule has 0 atom stereocenters. The Labute approximate surface area is 129 Å². The Morgan fingerprint density at radius 2 is 2.00 bits per heavy atom. The van der Waals surface area contributed by atoms with Crippen LogP contribution in [0.2, 0.25) is 0 Å². The lowest BCUT2D eigenvalue weighted by Gasteiger charge is -2.12. The molecular formula is C14H12BrN3O3. The van der Waals surface area contributed by atoms with E-state index in [0.29, 0.717) is 11.4 Å². The number of pyridine rings is 1. The van der Waals surface area contributed by atoms with E-state index in [1.807, 2.05) is 12.1 Å². The van der Waals surface area contributed by atoms with Crippen molar-refractivity contribution in [2.24, 2.45) is 5.73 Å². The van der Waals surface area contributed by atoms with Crippen molar-refractivity contribution in [3.8, 4) is 0 Å². The first-order valence-corrected chi connectivity index (χ1v) is 6.75. The highest BCUT2D eigenvalue weighted by Crippen LogP contribution is 2.23. The number of carbonyl (C=O) groups excluding carboxylic acids is 1. The summed E-state index contributed by atoms with van der Waals surface area (Å²) in [5.74, 6) is -1.68. The maximum atomic E-state index is 11.5. The van der Waals surface area contributed by atoms with Gasteiger partial charge in [-0.3, -0.25) is 4.79 Å². The Morgan fingerprint density at radius 1 is 1.29 bits per heavy atom. The molecule has 0 aliphatic rings. The van der Waals surface area contributed by atoms with E-state index in [1.165, 1.54) is 6.07 Å². The minimum absolute atomic E-state index is 0.0259. The molecule has 0 unspecified atom stereocenters. The normalized spacial score (nSPS) is 10.2. The Hall–Kier alpha value is -2.41. The van der Waals surface area contributed by atoms with E-state index in [0.717, 1.165) is 4.47 Å². The zero-order chi connectivity index (χ0) is 15.6. The monoisotopic (exact) mass is 349 g/mol. The number of nitrogens with two attached hydrogens (primary N) is 1. The minimum atomic E-state index is -1.16. The molecule has 1 amide bonds. The highest BCUT2D eigenvalue weighted by Gasteiger charge is 2.17. The van der Waals surface area contributed by atoms with Gasteiger partial charge >= 0.3 is 5.97 Å². The van der Waals surface area contributed by atoms with Crippen LogP contribution in [-0.4, -0.2) is 22.0 Å². The van der Waals surface area contributed by atoms with Crippen LogP contribution in [0.25, 0.3) is 0 Å². The zero-order valence-electron chi connectivity index (χ0n) is 11.1. The number of nitrogens with zero attached hydrogens (tertiary/aromatic N) is 1. The third-order valence-electron chi connectivity index (χ3n) is 2.80. The number of hydrogen-bond acceptors (Lipinski definition) is 4. The Morgan fingerprint density at radius 3 is 2.57 bits per heavy atom. The summed E-state index contributed by atoms with van der Waals surface area (Å²) < 4.78 is 0.854. The van der Waals surface area contributed by atoms with Crippen LogP contribution in [0.3, 0.4) is 0 Å². The molecule has 1 heterocycles. The van der Waals surface area contributed by atoms with Gasteiger partial charge in [0, 0.05) is 10.2 Å². The van der Waals surface area contributed by atoms with Crippen LogP contribution in [0.5, 0.6) is 0 Å². The molecule has 2 rings (SSSR count). The first-order chi connectivity index (χ1) is 9.88. The summed E-state index contributed by atoms with van der Waals surface area (Å²) >= 11 is 3.34. The first-order valence-electron chi connectivity index (χ1n) is 5.96. The Kier molecular flexibility index (Phi) is 4.23. The topological polar surface area (TPSA) is 105 Å². The maximum absolute atomic E-state index is 11.5. The van der Waals surface area contributed by atoms with E-state index < -0.39 is 11.9 Å². The summed E-state index contributed by atoms with van der Waals surface area (Å²) in [6.45, 7) is 1.56. The number of carboxylic acids is 1. The van der Waals surface area contributed by atoms with Crippen molar-refractivity contribution in [1.29, 1.82) is 0 Å². The number of halogens is 1. The van der Waals surface area contributed by atoms with Gasteiger partial charge in [-0.2, -0.15) is 0 Å². The van der Waals surface area contributed by atoms with Gasteiger partial charge in [0.2, 0.25) is 0 Å². The number of aromatic nitrogens is 1. The lowest BCUT2D eigenvalue weighted by molar-refractivity contribution is 0.0695. The van der Waals surface area contributed by atoms with Gasteiger partial charge in [0.25, 0.3) is 5.91 Å². The molecule has 1 aromatic heterocycles. The molecule has 0 aliphatic heterocycles. The van der Waals surface area contributed by atoms with Crippen LogP contribution in [0.15, 0.2) is 34.8 Å². The van der Waals surface area contributed by atoms with Crippen molar-refractivity contribution in [2.45, 2.75) is 6.92 Å². The molecule has 0 radical (unpaired) electrons. The zero-order valence-corrected chi connectivity index (χ0v) is 12.6. The predicted molar refractivity (Wildman–Crippen MR) is 81.9 cm³/mol. The van der Waals surface area contributed by atoms with E-state index in [-0.39, 0.29) is 16.9 Å². The maximum Gasteiger partial charge on any atom is 0.337 e. The summed E-state index contributed by atoms with van der Waals surface area (Å²) in [5, 5.41) is 12.0. The first kappa shape index (κ1) is 15.0. The van der Waals surface area contributed by atoms with Crippen molar-refractivity contribution in [3.63, 3.8) is 0 Å². The highest BCUT2D eigenvalue weighted by atomic mass is 79.9. The van der Waals surface area contributed by atoms with Gasteiger partial charge in [-0.25, -0.2) is 9.78 Å². The van der Waals surface area contributed by atoms with E-state index >= 15 is 0 Å². The van der Waals surface area contributed by atoms with Gasteiger partial charge in [-0.05, 0) is 31.2 Å². The molecule has 4 N–H and O–H groups in total. The number of aryl methyl sites for hydroxylation is 1. The molecule has 21 heavy (non-hydrogen) atoms. The average Bonchev–Trinajstić information content (AvgIpc) is 2.37. The van der Waals surface area contributed by atoms with Crippen LogP contribution in [0, 0.1) is 6.92 Å². The van der Waals surface area contributed by atoms with Crippen molar-refractivity contribution >= 4 is 39.3 Å². The number of amides is 1. The molecule has 1 aromatic carbocycles. The fraction of sp³-hybridized carbons (Fsp3) is 0.0714. The smallest absolute Gasteiger partial charge is 0.337 e. The van der Waals surface area contributed by atoms with E-state index in [1.54, 1.807) is 19.1 Å². The van der Waals surface area contributed by atoms with Gasteiger partial charge < -0.3 is 16.2 Å². The van der Waals surface area contributed by atoms with Crippen LogP contribution in [0.4, 0.5) is 11.5 Å². The largest absolute Gasteiger partial charge is 0.478 e. The van der Waals surface area contributed by atoms with Crippen molar-refractivity contribution in [3.05, 3.63) is 51.6 Å². The van der Waals surface area contributed by atoms with Crippen molar-refractivity contribution in [2.75, 3.05) is 5.32 Å². The van der Waals surface area contributed by atoms with Gasteiger partial charge in [0.05, 0.1) is 16.8 Å². The lowest BCUT2D eigenvalue weighted by atomic mass is 10.1. The number of carbonyl (C=O) groups is 2. The summed E-state index contributed by atoms with van der Waals surface area (Å²) in [4.78, 5) is 26.7. The third-order valence-corrected chi connectivity index (χ3v) is 3.29. The van der Waals surface area contributed by atoms with E-state index in [4.69, 9.17) is 10.8 Å². The number of benzene rings is 1. The van der Waals surface area contributed by atoms with E-state index in [2.05, 4.69) is 26.2 Å². The molecule has 7 heteroatoms. The lowest BCUT2D eigenvalue weighted by Crippen LogP contribution is -2.17. The predicted octanol–water partition coefficient (Wildman–Crippen LogP) is 2.69. The summed E-state index contributed by atoms with van der Waals surface area (Å²) in [5.41, 5.74) is 6.26. The van der Waals surface area contributed by atoms with Crippen LogP contribution in [-0.2, 0) is 0 Å². The fourth-order valence-corrected chi connectivity index (χ4v) is 2.21. The summed E-state index contributed by atoms with van der Waals surface area (Å²) in [6, 6.07) is 8.49. The third kappa shape index (κ3) is 3.38. The van der Waals surface area contributed by atoms with Gasteiger partial charge in [0.15, 0.2) is 0 Å². The molecule has 2 aromatic rings. The molecule has 0 bridgehead atoms. The Bertz CT molecular complexity index is 731. The number of anilines is 2. The fourth-order valence-electron chi connectivity index (χ4n) is 1.81. The average molecular weight is 350 g/mol. The van der Waals surface area contributed by atoms with Gasteiger partial charge in [-0.15, -0.1) is 0 Å². The standard InChI is InChI=1S/C14H12BrN3O3/c1-7-10(14(20)21)6-11(12(16)19)13(17-7)18-9-4-2-3-8(15)5-9/h2-6H,1H3,(H2,16,19)(H,17,18)(H,20,21). The number of hydrogen-bond donors (Lipinski definition) is 3. The summed E-state index contributed by atoms with van der Waals surface area (Å²) in [6.07, 6.45) is 0. The second kappa shape index (κ2) is 5.92. The number of nitrogens with one attached hydrogen (secondary N) is 1. The molecule has 0 spiro atoms. The van der Waals surface area contributed by atoms with Gasteiger partial charge in [-0.1, -0.05) is 22.0 Å². The van der Waals surface area contributed by atoms with Gasteiger partial charge in [0.1, 0.15) is 5.82 Å². The molecular weight excluding hydrogens is 338 g/mol. The number of rotatable bonds is 4. The number of aromatic carboxylic acids is 1. The highest BCUT2D eigenvalue weighted by molar-refractivity contribution is 9.10. The summed E-state index contributed by atoms with van der Waals surface area (Å²) in [7, 11) is 0. The van der Waals surface area contributed by atoms with Crippen molar-refractivity contribution in [1.82, 2.24) is 4.98 Å². The van der Waals surface area contributed by atoms with Crippen LogP contribution in [0.1, 0.15) is 26.4 Å². The molecule has 0 fully saturated rings. The quantitative estimate of drug-likeness (QED) is 0.786. The van der Waals surface area contributed by atoms with E-state index in [9.17, 15) is 9.59 Å². The second-order valence-corrected chi connectivity index (χ2v) is 5.24. The second-order valence-electron chi connectivity index (χ2n) is 4.32. The molecule has 0 saturated carbocycles. The van der Waals surface area contributed by atoms with Crippen LogP contribution < -0.4 is 11.1 Å². The van der Waals surface area contributed by atoms with Crippen molar-refractivity contribution < 1.29 is 14.7 Å². The molecule has 6 nitrogen and oxygen atoms in total. The SMILES string of the molecule is Cc1nc(Nc2cccc(Br)c2)c(C(N)=O)cc1C(=O)O. The minimum Gasteiger partial charge on any atom is -0.478 e. The Balaban J connectivity index is 2.50. The number of carboxylic acid groups (broad SMARTS) is 1. The number of primary amides is 1. The van der Waals surface area contributed by atoms with Crippen LogP contribution >= 0.6 is 15.9 Å².